The maximum atomic E-state index is 4.13. The summed E-state index contributed by atoms with van der Waals surface area (Å²) in [5, 5.41) is 15.3. The van der Waals surface area contributed by atoms with Crippen molar-refractivity contribution in [2.45, 2.75) is 19.9 Å². The maximum Gasteiger partial charge on any atom is 0.248 e. The molecule has 1 aliphatic heterocycles. The van der Waals surface area contributed by atoms with Crippen molar-refractivity contribution in [1.82, 2.24) is 20.2 Å². The van der Waals surface area contributed by atoms with Crippen LogP contribution in [-0.4, -0.2) is 20.2 Å². The highest BCUT2D eigenvalue weighted by Crippen LogP contribution is 2.31. The number of allylic oxidation sites excluding steroid dienone is 1. The van der Waals surface area contributed by atoms with Gasteiger partial charge in [0.1, 0.15) is 6.04 Å². The summed E-state index contributed by atoms with van der Waals surface area (Å²) >= 11 is 0. The third-order valence-electron chi connectivity index (χ3n) is 4.11. The Morgan fingerprint density at radius 1 is 0.913 bits per heavy atom. The van der Waals surface area contributed by atoms with Gasteiger partial charge in [0.25, 0.3) is 0 Å². The predicted molar refractivity (Wildman–Crippen MR) is 89.9 cm³/mol. The Morgan fingerprint density at radius 2 is 1.57 bits per heavy atom. The first kappa shape index (κ1) is 13.7. The van der Waals surface area contributed by atoms with E-state index >= 15 is 0 Å². The first-order valence-electron chi connectivity index (χ1n) is 7.61. The van der Waals surface area contributed by atoms with Gasteiger partial charge in [-0.1, -0.05) is 64.8 Å². The Hall–Kier alpha value is -2.95. The number of nitrogens with one attached hydrogen (secondary N) is 1. The highest BCUT2D eigenvalue weighted by Gasteiger charge is 2.24. The zero-order valence-corrected chi connectivity index (χ0v) is 13.1. The first-order valence-corrected chi connectivity index (χ1v) is 7.61. The maximum absolute atomic E-state index is 4.13. The molecular formula is C18H17N5. The number of fused-ring (bicyclic) bond motifs is 1. The Morgan fingerprint density at radius 3 is 2.26 bits per heavy atom. The number of hydrogen-bond acceptors (Lipinski definition) is 4. The average Bonchev–Trinajstić information content (AvgIpc) is 3.04. The van der Waals surface area contributed by atoms with E-state index in [4.69, 9.17) is 0 Å². The van der Waals surface area contributed by atoms with Crippen LogP contribution >= 0.6 is 0 Å². The van der Waals surface area contributed by atoms with Crippen molar-refractivity contribution in [3.05, 3.63) is 76.9 Å². The van der Waals surface area contributed by atoms with E-state index in [9.17, 15) is 0 Å². The van der Waals surface area contributed by atoms with E-state index < -0.39 is 0 Å². The molecule has 3 aromatic rings. The standard InChI is InChI=1S/C18H17N5/c1-12-3-7-14(8-4-12)16-11-17(15-9-5-13(2)6-10-15)23-18(19-16)20-21-22-23/h3-11,17H,1-2H3,(H,19,20,22)/t17-/m1/s1. The summed E-state index contributed by atoms with van der Waals surface area (Å²) in [6.07, 6.45) is 2.17. The molecule has 0 radical (unpaired) electrons. The van der Waals surface area contributed by atoms with Gasteiger partial charge in [0, 0.05) is 5.70 Å². The van der Waals surface area contributed by atoms with Gasteiger partial charge in [-0.2, -0.15) is 4.68 Å². The van der Waals surface area contributed by atoms with Crippen LogP contribution in [0.3, 0.4) is 0 Å². The fraction of sp³-hybridized carbons (Fsp3) is 0.167. The van der Waals surface area contributed by atoms with Crippen LogP contribution in [-0.2, 0) is 0 Å². The van der Waals surface area contributed by atoms with Crippen molar-refractivity contribution in [1.29, 1.82) is 0 Å². The quantitative estimate of drug-likeness (QED) is 0.789. The van der Waals surface area contributed by atoms with Crippen LogP contribution in [0, 0.1) is 13.8 Å². The molecular weight excluding hydrogens is 286 g/mol. The molecule has 1 aromatic heterocycles. The van der Waals surface area contributed by atoms with Gasteiger partial charge in [-0.3, -0.25) is 0 Å². The number of benzene rings is 2. The van der Waals surface area contributed by atoms with Gasteiger partial charge in [-0.15, -0.1) is 0 Å². The molecule has 0 amide bonds. The fourth-order valence-corrected chi connectivity index (χ4v) is 2.76. The lowest BCUT2D eigenvalue weighted by Gasteiger charge is -2.23. The van der Waals surface area contributed by atoms with Gasteiger partial charge in [-0.05, 0) is 41.5 Å². The van der Waals surface area contributed by atoms with Crippen LogP contribution in [0.2, 0.25) is 0 Å². The van der Waals surface area contributed by atoms with Gasteiger partial charge in [0.2, 0.25) is 5.95 Å². The van der Waals surface area contributed by atoms with E-state index in [1.807, 2.05) is 4.68 Å². The largest absolute Gasteiger partial charge is 0.323 e. The molecule has 0 aliphatic carbocycles. The van der Waals surface area contributed by atoms with Crippen LogP contribution in [0.1, 0.15) is 28.3 Å². The van der Waals surface area contributed by atoms with Gasteiger partial charge in [-0.25, -0.2) is 0 Å². The Kier molecular flexibility index (Phi) is 3.19. The second kappa shape index (κ2) is 5.35. The Bertz CT molecular complexity index is 859. The third kappa shape index (κ3) is 2.50. The van der Waals surface area contributed by atoms with Gasteiger partial charge in [0.15, 0.2) is 0 Å². The number of hydrogen-bond donors (Lipinski definition) is 1. The molecule has 4 rings (SSSR count). The van der Waals surface area contributed by atoms with E-state index in [1.54, 1.807) is 0 Å². The Labute approximate surface area is 134 Å². The summed E-state index contributed by atoms with van der Waals surface area (Å²) in [6, 6.07) is 16.9. The molecule has 1 aliphatic rings. The molecule has 1 N–H and O–H groups in total. The van der Waals surface area contributed by atoms with E-state index in [1.165, 1.54) is 11.1 Å². The molecule has 2 heterocycles. The second-order valence-electron chi connectivity index (χ2n) is 5.87. The van der Waals surface area contributed by atoms with Crippen molar-refractivity contribution in [2.24, 2.45) is 0 Å². The highest BCUT2D eigenvalue weighted by molar-refractivity contribution is 5.77. The molecule has 0 saturated carbocycles. The zero-order chi connectivity index (χ0) is 15.8. The molecule has 0 saturated heterocycles. The molecule has 1 atom stereocenters. The van der Waals surface area contributed by atoms with Crippen molar-refractivity contribution >= 4 is 11.6 Å². The minimum atomic E-state index is -0.0156. The predicted octanol–water partition coefficient (Wildman–Crippen LogP) is 3.35. The van der Waals surface area contributed by atoms with Crippen molar-refractivity contribution in [3.8, 4) is 0 Å². The van der Waals surface area contributed by atoms with Crippen molar-refractivity contribution in [2.75, 3.05) is 5.32 Å². The van der Waals surface area contributed by atoms with Gasteiger partial charge in [0.05, 0.1) is 0 Å². The van der Waals surface area contributed by atoms with E-state index in [0.717, 1.165) is 16.8 Å². The molecule has 5 heteroatoms. The normalized spacial score (nSPS) is 16.4. The molecule has 2 aromatic carbocycles. The molecule has 0 fully saturated rings. The second-order valence-corrected chi connectivity index (χ2v) is 5.87. The summed E-state index contributed by atoms with van der Waals surface area (Å²) < 4.78 is 1.81. The lowest BCUT2D eigenvalue weighted by molar-refractivity contribution is 0.586. The van der Waals surface area contributed by atoms with E-state index in [0.29, 0.717) is 5.95 Å². The molecule has 5 nitrogen and oxygen atoms in total. The van der Waals surface area contributed by atoms with E-state index in [-0.39, 0.29) is 6.04 Å². The number of rotatable bonds is 2. The minimum Gasteiger partial charge on any atom is -0.323 e. The SMILES string of the molecule is Cc1ccc(C2=C[C@H](c3ccc(C)cc3)n3nnnc3N2)cc1. The van der Waals surface area contributed by atoms with Crippen molar-refractivity contribution < 1.29 is 0 Å². The molecule has 0 spiro atoms. The van der Waals surface area contributed by atoms with Gasteiger partial charge < -0.3 is 5.32 Å². The molecule has 23 heavy (non-hydrogen) atoms. The smallest absolute Gasteiger partial charge is 0.248 e. The summed E-state index contributed by atoms with van der Waals surface area (Å²) in [6.45, 7) is 4.17. The minimum absolute atomic E-state index is 0.0156. The van der Waals surface area contributed by atoms with Crippen LogP contribution in [0.25, 0.3) is 5.70 Å². The van der Waals surface area contributed by atoms with E-state index in [2.05, 4.69) is 89.3 Å². The monoisotopic (exact) mass is 303 g/mol. The Balaban J connectivity index is 1.79. The lowest BCUT2D eigenvalue weighted by Crippen LogP contribution is -2.20. The van der Waals surface area contributed by atoms with Crippen LogP contribution in [0.4, 0.5) is 5.95 Å². The summed E-state index contributed by atoms with van der Waals surface area (Å²) in [5.41, 5.74) is 5.79. The van der Waals surface area contributed by atoms with Crippen LogP contribution < -0.4 is 5.32 Å². The molecule has 114 valence electrons. The van der Waals surface area contributed by atoms with Gasteiger partial charge >= 0.3 is 0 Å². The fourth-order valence-electron chi connectivity index (χ4n) is 2.76. The number of anilines is 1. The van der Waals surface area contributed by atoms with Crippen LogP contribution in [0.5, 0.6) is 0 Å². The summed E-state index contributed by atoms with van der Waals surface area (Å²) in [4.78, 5) is 0. The topological polar surface area (TPSA) is 55.6 Å². The first-order chi connectivity index (χ1) is 11.2. The molecule has 0 bridgehead atoms. The zero-order valence-electron chi connectivity index (χ0n) is 13.1. The average molecular weight is 303 g/mol. The summed E-state index contributed by atoms with van der Waals surface area (Å²) in [7, 11) is 0. The number of aryl methyl sites for hydroxylation is 2. The third-order valence-corrected chi connectivity index (χ3v) is 4.11. The molecule has 0 unspecified atom stereocenters. The number of tetrazole rings is 1. The highest BCUT2D eigenvalue weighted by atomic mass is 15.6. The number of nitrogens with zero attached hydrogens (tertiary/aromatic N) is 4. The summed E-state index contributed by atoms with van der Waals surface area (Å²) in [5.74, 6) is 0.661. The lowest BCUT2D eigenvalue weighted by atomic mass is 10.0. The number of aromatic nitrogens is 4. The van der Waals surface area contributed by atoms with Crippen molar-refractivity contribution in [3.63, 3.8) is 0 Å². The van der Waals surface area contributed by atoms with Crippen LogP contribution in [0.15, 0.2) is 54.6 Å².